The first-order valence-corrected chi connectivity index (χ1v) is 8.28. The van der Waals surface area contributed by atoms with Crippen molar-refractivity contribution in [3.05, 3.63) is 30.3 Å². The van der Waals surface area contributed by atoms with E-state index in [1.165, 1.54) is 37.8 Å². The second-order valence-corrected chi connectivity index (χ2v) is 6.27. The van der Waals surface area contributed by atoms with Gasteiger partial charge in [0.05, 0.1) is 0 Å². The maximum atomic E-state index is 11.7. The fraction of sp³-hybridized carbons (Fsp3) is 0.611. The summed E-state index contributed by atoms with van der Waals surface area (Å²) in [4.78, 5) is 14.2. The molecule has 1 saturated carbocycles. The number of carbonyl (C=O) groups excluding carboxylic acids is 1. The minimum atomic E-state index is 0.0601. The molecule has 0 unspecified atom stereocenters. The normalized spacial score (nSPS) is 16.0. The zero-order chi connectivity index (χ0) is 15.1. The Balaban J connectivity index is 1.97. The second-order valence-electron chi connectivity index (χ2n) is 6.27. The minimum absolute atomic E-state index is 0.0601. The van der Waals surface area contributed by atoms with Gasteiger partial charge in [-0.25, -0.2) is 0 Å². The van der Waals surface area contributed by atoms with Crippen LogP contribution in [-0.4, -0.2) is 25.0 Å². The Bertz CT molecular complexity index is 424. The Morgan fingerprint density at radius 2 is 1.86 bits per heavy atom. The number of rotatable bonds is 6. The number of nitrogens with one attached hydrogen (secondary N) is 1. The van der Waals surface area contributed by atoms with Crippen LogP contribution in [0.1, 0.15) is 46.0 Å². The average Bonchev–Trinajstić information content (AvgIpc) is 2.53. The summed E-state index contributed by atoms with van der Waals surface area (Å²) in [6.45, 7) is 5.49. The first-order chi connectivity index (χ1) is 10.2. The van der Waals surface area contributed by atoms with Crippen molar-refractivity contribution in [2.45, 2.75) is 52.0 Å². The molecule has 21 heavy (non-hydrogen) atoms. The lowest BCUT2D eigenvalue weighted by Crippen LogP contribution is -2.42. The summed E-state index contributed by atoms with van der Waals surface area (Å²) in [6, 6.07) is 11.2. The third-order valence-electron chi connectivity index (χ3n) is 4.28. The smallest absolute Gasteiger partial charge is 0.222 e. The van der Waals surface area contributed by atoms with Gasteiger partial charge < -0.3 is 10.2 Å². The highest BCUT2D eigenvalue weighted by molar-refractivity contribution is 5.77. The molecular formula is C18H28N2O. The Kier molecular flexibility index (Phi) is 6.09. The topological polar surface area (TPSA) is 32.3 Å². The molecule has 0 atom stereocenters. The fourth-order valence-electron chi connectivity index (χ4n) is 3.04. The van der Waals surface area contributed by atoms with Crippen LogP contribution in [-0.2, 0) is 4.79 Å². The van der Waals surface area contributed by atoms with Gasteiger partial charge >= 0.3 is 0 Å². The molecule has 0 aliphatic heterocycles. The van der Waals surface area contributed by atoms with Gasteiger partial charge in [-0.05, 0) is 25.0 Å². The third-order valence-corrected chi connectivity index (χ3v) is 4.28. The molecule has 1 amide bonds. The first kappa shape index (κ1) is 15.9. The highest BCUT2D eigenvalue weighted by Crippen LogP contribution is 2.26. The van der Waals surface area contributed by atoms with Crippen molar-refractivity contribution >= 4 is 11.6 Å². The zero-order valence-corrected chi connectivity index (χ0v) is 13.3. The van der Waals surface area contributed by atoms with Crippen molar-refractivity contribution in [1.82, 2.24) is 5.32 Å². The van der Waals surface area contributed by atoms with Crippen molar-refractivity contribution in [2.75, 3.05) is 18.0 Å². The number of hydrogen-bond acceptors (Lipinski definition) is 2. The standard InChI is InChI=1S/C18H28N2O/c1-15(2)18(21)19-13-14-20(16-9-5-3-6-10-16)17-11-7-4-8-12-17/h3,5-6,9-10,15,17H,4,7-8,11-14H2,1-2H3,(H,19,21). The molecule has 1 aliphatic rings. The lowest BCUT2D eigenvalue weighted by Gasteiger charge is -2.36. The van der Waals surface area contributed by atoms with Gasteiger partial charge in [-0.1, -0.05) is 51.3 Å². The molecule has 1 fully saturated rings. The van der Waals surface area contributed by atoms with E-state index in [-0.39, 0.29) is 11.8 Å². The van der Waals surface area contributed by atoms with Crippen LogP contribution in [0.5, 0.6) is 0 Å². The molecule has 1 aromatic carbocycles. The molecule has 0 spiro atoms. The predicted molar refractivity (Wildman–Crippen MR) is 88.5 cm³/mol. The van der Waals surface area contributed by atoms with E-state index in [9.17, 15) is 4.79 Å². The number of anilines is 1. The van der Waals surface area contributed by atoms with Crippen LogP contribution in [0.3, 0.4) is 0 Å². The van der Waals surface area contributed by atoms with Crippen molar-refractivity contribution in [2.24, 2.45) is 5.92 Å². The molecule has 3 nitrogen and oxygen atoms in total. The molecule has 116 valence electrons. The van der Waals surface area contributed by atoms with Crippen LogP contribution in [0.4, 0.5) is 5.69 Å². The number of amides is 1. The average molecular weight is 288 g/mol. The van der Waals surface area contributed by atoms with E-state index >= 15 is 0 Å². The van der Waals surface area contributed by atoms with E-state index in [1.807, 2.05) is 13.8 Å². The van der Waals surface area contributed by atoms with Gasteiger partial charge in [0.2, 0.25) is 5.91 Å². The predicted octanol–water partition coefficient (Wildman–Crippen LogP) is 3.60. The van der Waals surface area contributed by atoms with Gasteiger partial charge in [-0.2, -0.15) is 0 Å². The number of carbonyl (C=O) groups is 1. The second kappa shape index (κ2) is 8.06. The monoisotopic (exact) mass is 288 g/mol. The molecule has 1 aromatic rings. The van der Waals surface area contributed by atoms with Gasteiger partial charge in [0.15, 0.2) is 0 Å². The van der Waals surface area contributed by atoms with Gasteiger partial charge in [0.1, 0.15) is 0 Å². The van der Waals surface area contributed by atoms with Crippen LogP contribution in [0, 0.1) is 5.92 Å². The van der Waals surface area contributed by atoms with E-state index < -0.39 is 0 Å². The molecule has 1 N–H and O–H groups in total. The summed E-state index contributed by atoms with van der Waals surface area (Å²) >= 11 is 0. The van der Waals surface area contributed by atoms with Crippen molar-refractivity contribution in [1.29, 1.82) is 0 Å². The van der Waals surface area contributed by atoms with Crippen LogP contribution in [0.15, 0.2) is 30.3 Å². The summed E-state index contributed by atoms with van der Waals surface area (Å²) in [5, 5.41) is 3.04. The SMILES string of the molecule is CC(C)C(=O)NCCN(c1ccccc1)C1CCCCC1. The van der Waals surface area contributed by atoms with Crippen molar-refractivity contribution < 1.29 is 4.79 Å². The molecule has 0 saturated heterocycles. The summed E-state index contributed by atoms with van der Waals surface area (Å²) in [5.41, 5.74) is 1.28. The summed E-state index contributed by atoms with van der Waals surface area (Å²) < 4.78 is 0. The van der Waals surface area contributed by atoms with Gasteiger partial charge in [0.25, 0.3) is 0 Å². The van der Waals surface area contributed by atoms with Crippen molar-refractivity contribution in [3.8, 4) is 0 Å². The molecule has 0 radical (unpaired) electrons. The van der Waals surface area contributed by atoms with Gasteiger partial charge in [-0.15, -0.1) is 0 Å². The summed E-state index contributed by atoms with van der Waals surface area (Å²) in [5.74, 6) is 0.205. The highest BCUT2D eigenvalue weighted by atomic mass is 16.1. The fourth-order valence-corrected chi connectivity index (χ4v) is 3.04. The third kappa shape index (κ3) is 4.76. The summed E-state index contributed by atoms with van der Waals surface area (Å²) in [6.07, 6.45) is 6.56. The summed E-state index contributed by atoms with van der Waals surface area (Å²) in [7, 11) is 0. The quantitative estimate of drug-likeness (QED) is 0.867. The van der Waals surface area contributed by atoms with E-state index in [4.69, 9.17) is 0 Å². The maximum absolute atomic E-state index is 11.7. The number of para-hydroxylation sites is 1. The van der Waals surface area contributed by atoms with E-state index in [0.717, 1.165) is 13.1 Å². The molecule has 2 rings (SSSR count). The van der Waals surface area contributed by atoms with Crippen LogP contribution >= 0.6 is 0 Å². The lowest BCUT2D eigenvalue weighted by atomic mass is 9.93. The van der Waals surface area contributed by atoms with E-state index in [0.29, 0.717) is 6.04 Å². The Hall–Kier alpha value is -1.51. The van der Waals surface area contributed by atoms with Crippen LogP contribution < -0.4 is 10.2 Å². The molecule has 3 heteroatoms. The van der Waals surface area contributed by atoms with Crippen LogP contribution in [0.25, 0.3) is 0 Å². The molecular weight excluding hydrogens is 260 g/mol. The van der Waals surface area contributed by atoms with Gasteiger partial charge in [0, 0.05) is 30.7 Å². The minimum Gasteiger partial charge on any atom is -0.367 e. The number of nitrogens with zero attached hydrogens (tertiary/aromatic N) is 1. The van der Waals surface area contributed by atoms with E-state index in [2.05, 4.69) is 40.5 Å². The Morgan fingerprint density at radius 1 is 1.19 bits per heavy atom. The van der Waals surface area contributed by atoms with Gasteiger partial charge in [-0.3, -0.25) is 4.79 Å². The molecule has 0 bridgehead atoms. The Morgan fingerprint density at radius 3 is 2.48 bits per heavy atom. The molecule has 0 heterocycles. The van der Waals surface area contributed by atoms with Crippen LogP contribution in [0.2, 0.25) is 0 Å². The first-order valence-electron chi connectivity index (χ1n) is 8.28. The van der Waals surface area contributed by atoms with E-state index in [1.54, 1.807) is 0 Å². The number of benzene rings is 1. The highest BCUT2D eigenvalue weighted by Gasteiger charge is 2.21. The molecule has 0 aromatic heterocycles. The zero-order valence-electron chi connectivity index (χ0n) is 13.3. The lowest BCUT2D eigenvalue weighted by molar-refractivity contribution is -0.123. The Labute approximate surface area is 128 Å². The molecule has 1 aliphatic carbocycles. The number of hydrogen-bond donors (Lipinski definition) is 1. The maximum Gasteiger partial charge on any atom is 0.222 e. The van der Waals surface area contributed by atoms with Crippen molar-refractivity contribution in [3.63, 3.8) is 0 Å². The largest absolute Gasteiger partial charge is 0.367 e.